The normalized spacial score (nSPS) is 16.6. The van der Waals surface area contributed by atoms with Gasteiger partial charge in [-0.05, 0) is 43.6 Å². The molecule has 25 heavy (non-hydrogen) atoms. The van der Waals surface area contributed by atoms with Crippen LogP contribution >= 0.6 is 0 Å². The molecule has 1 aliphatic heterocycles. The van der Waals surface area contributed by atoms with Crippen LogP contribution in [0.3, 0.4) is 0 Å². The van der Waals surface area contributed by atoms with E-state index < -0.39 is 0 Å². The molecule has 5 nitrogen and oxygen atoms in total. The second kappa shape index (κ2) is 9.18. The Morgan fingerprint density at radius 1 is 1.04 bits per heavy atom. The molecule has 0 saturated carbocycles. The summed E-state index contributed by atoms with van der Waals surface area (Å²) < 4.78 is 0. The van der Waals surface area contributed by atoms with E-state index in [1.165, 1.54) is 31.2 Å². The number of carbonyl (C=O) groups is 1. The summed E-state index contributed by atoms with van der Waals surface area (Å²) >= 11 is 0. The van der Waals surface area contributed by atoms with Gasteiger partial charge in [0.2, 0.25) is 0 Å². The van der Waals surface area contributed by atoms with Crippen molar-refractivity contribution in [1.82, 2.24) is 15.2 Å². The third-order valence-electron chi connectivity index (χ3n) is 4.64. The van der Waals surface area contributed by atoms with Crippen LogP contribution in [0.15, 0.2) is 54.9 Å². The van der Waals surface area contributed by atoms with E-state index in [9.17, 15) is 4.79 Å². The van der Waals surface area contributed by atoms with E-state index in [0.29, 0.717) is 12.2 Å². The number of nitrogens with zero attached hydrogens (tertiary/aromatic N) is 2. The van der Waals surface area contributed by atoms with Crippen molar-refractivity contribution in [3.8, 4) is 0 Å². The summed E-state index contributed by atoms with van der Waals surface area (Å²) in [4.78, 5) is 18.8. The van der Waals surface area contributed by atoms with Crippen molar-refractivity contribution < 1.29 is 4.79 Å². The average Bonchev–Trinajstić information content (AvgIpc) is 2.93. The lowest BCUT2D eigenvalue weighted by atomic mass is 10.0. The van der Waals surface area contributed by atoms with Gasteiger partial charge in [0.05, 0.1) is 17.9 Å². The fourth-order valence-electron chi connectivity index (χ4n) is 3.34. The van der Waals surface area contributed by atoms with Crippen LogP contribution in [0.25, 0.3) is 0 Å². The molecular formula is C20H26N4O. The zero-order valence-corrected chi connectivity index (χ0v) is 14.5. The first-order valence-corrected chi connectivity index (χ1v) is 9.07. The molecule has 0 aliphatic carbocycles. The molecule has 2 N–H and O–H groups in total. The number of urea groups is 1. The molecule has 1 aliphatic rings. The monoisotopic (exact) mass is 338 g/mol. The van der Waals surface area contributed by atoms with E-state index in [-0.39, 0.29) is 12.1 Å². The fraction of sp³-hybridized carbons (Fsp3) is 0.400. The lowest BCUT2D eigenvalue weighted by Crippen LogP contribution is -2.40. The summed E-state index contributed by atoms with van der Waals surface area (Å²) in [5.74, 6) is 0. The number of aromatic nitrogens is 1. The van der Waals surface area contributed by atoms with Crippen molar-refractivity contribution >= 4 is 11.7 Å². The SMILES string of the molecule is O=C(NC[C@@H](c1ccccc1)N1CCCCCC1)Nc1cccnc1. The van der Waals surface area contributed by atoms with Crippen molar-refractivity contribution in [3.63, 3.8) is 0 Å². The second-order valence-electron chi connectivity index (χ2n) is 6.45. The Labute approximate surface area is 149 Å². The van der Waals surface area contributed by atoms with E-state index in [2.05, 4.69) is 44.8 Å². The first-order valence-electron chi connectivity index (χ1n) is 9.07. The van der Waals surface area contributed by atoms with E-state index in [1.54, 1.807) is 18.5 Å². The third-order valence-corrected chi connectivity index (χ3v) is 4.64. The summed E-state index contributed by atoms with van der Waals surface area (Å²) in [6.07, 6.45) is 8.38. The molecule has 132 valence electrons. The number of hydrogen-bond donors (Lipinski definition) is 2. The Morgan fingerprint density at radius 3 is 2.48 bits per heavy atom. The van der Waals surface area contributed by atoms with Gasteiger partial charge in [0, 0.05) is 12.7 Å². The molecule has 2 aromatic rings. The summed E-state index contributed by atoms with van der Waals surface area (Å²) in [5, 5.41) is 5.86. The van der Waals surface area contributed by atoms with Crippen LogP contribution in [-0.4, -0.2) is 35.5 Å². The molecule has 3 rings (SSSR count). The van der Waals surface area contributed by atoms with E-state index in [0.717, 1.165) is 13.1 Å². The lowest BCUT2D eigenvalue weighted by Gasteiger charge is -2.31. The number of benzene rings is 1. The maximum atomic E-state index is 12.2. The van der Waals surface area contributed by atoms with Gasteiger partial charge in [-0.2, -0.15) is 0 Å². The molecule has 2 heterocycles. The van der Waals surface area contributed by atoms with E-state index in [1.807, 2.05) is 12.1 Å². The van der Waals surface area contributed by atoms with Crippen molar-refractivity contribution in [2.45, 2.75) is 31.7 Å². The van der Waals surface area contributed by atoms with Crippen LogP contribution in [0, 0.1) is 0 Å². The predicted molar refractivity (Wildman–Crippen MR) is 100 cm³/mol. The largest absolute Gasteiger partial charge is 0.336 e. The topological polar surface area (TPSA) is 57.3 Å². The minimum absolute atomic E-state index is 0.191. The smallest absolute Gasteiger partial charge is 0.319 e. The summed E-state index contributed by atoms with van der Waals surface area (Å²) in [6.45, 7) is 2.77. The van der Waals surface area contributed by atoms with Crippen LogP contribution < -0.4 is 10.6 Å². The molecule has 0 radical (unpaired) electrons. The maximum absolute atomic E-state index is 12.2. The van der Waals surface area contributed by atoms with Gasteiger partial charge < -0.3 is 10.6 Å². The Balaban J connectivity index is 1.64. The van der Waals surface area contributed by atoms with Crippen molar-refractivity contribution in [2.75, 3.05) is 25.0 Å². The first kappa shape index (κ1) is 17.4. The van der Waals surface area contributed by atoms with E-state index >= 15 is 0 Å². The number of likely N-dealkylation sites (tertiary alicyclic amines) is 1. The highest BCUT2D eigenvalue weighted by atomic mass is 16.2. The van der Waals surface area contributed by atoms with Gasteiger partial charge in [0.1, 0.15) is 0 Å². The van der Waals surface area contributed by atoms with Crippen LogP contribution in [0.5, 0.6) is 0 Å². The van der Waals surface area contributed by atoms with Crippen LogP contribution in [-0.2, 0) is 0 Å². The van der Waals surface area contributed by atoms with Gasteiger partial charge in [-0.3, -0.25) is 9.88 Å². The quantitative estimate of drug-likeness (QED) is 0.871. The zero-order valence-electron chi connectivity index (χ0n) is 14.5. The van der Waals surface area contributed by atoms with Crippen molar-refractivity contribution in [3.05, 3.63) is 60.4 Å². The van der Waals surface area contributed by atoms with Crippen molar-refractivity contribution in [2.24, 2.45) is 0 Å². The summed E-state index contributed by atoms with van der Waals surface area (Å²) in [7, 11) is 0. The van der Waals surface area contributed by atoms with Gasteiger partial charge >= 0.3 is 6.03 Å². The van der Waals surface area contributed by atoms with Crippen LogP contribution in [0.4, 0.5) is 10.5 Å². The molecule has 1 aromatic heterocycles. The molecular weight excluding hydrogens is 312 g/mol. The third kappa shape index (κ3) is 5.29. The minimum atomic E-state index is -0.191. The number of hydrogen-bond acceptors (Lipinski definition) is 3. The molecule has 0 spiro atoms. The number of amides is 2. The van der Waals surface area contributed by atoms with Gasteiger partial charge in [0.15, 0.2) is 0 Å². The molecule has 1 saturated heterocycles. The molecule has 1 fully saturated rings. The van der Waals surface area contributed by atoms with Crippen molar-refractivity contribution in [1.29, 1.82) is 0 Å². The molecule has 1 aromatic carbocycles. The zero-order chi connectivity index (χ0) is 17.3. The first-order chi connectivity index (χ1) is 12.3. The second-order valence-corrected chi connectivity index (χ2v) is 6.45. The standard InChI is InChI=1S/C20H26N4O/c25-20(23-18-11-8-12-21-15-18)22-16-19(17-9-4-3-5-10-17)24-13-6-1-2-7-14-24/h3-5,8-12,15,19H,1-2,6-7,13-14,16H2,(H2,22,23,25)/t19-/m0/s1. The minimum Gasteiger partial charge on any atom is -0.336 e. The highest BCUT2D eigenvalue weighted by Crippen LogP contribution is 2.23. The predicted octanol–water partition coefficient (Wildman–Crippen LogP) is 3.82. The van der Waals surface area contributed by atoms with Crippen LogP contribution in [0.2, 0.25) is 0 Å². The van der Waals surface area contributed by atoms with Gasteiger partial charge in [0.25, 0.3) is 0 Å². The highest BCUT2D eigenvalue weighted by Gasteiger charge is 2.22. The Hall–Kier alpha value is -2.40. The number of anilines is 1. The number of nitrogens with one attached hydrogen (secondary N) is 2. The molecule has 0 unspecified atom stereocenters. The van der Waals surface area contributed by atoms with Gasteiger partial charge in [-0.25, -0.2) is 4.79 Å². The van der Waals surface area contributed by atoms with Gasteiger partial charge in [-0.15, -0.1) is 0 Å². The summed E-state index contributed by atoms with van der Waals surface area (Å²) in [6, 6.07) is 14.1. The van der Waals surface area contributed by atoms with Gasteiger partial charge in [-0.1, -0.05) is 43.2 Å². The Bertz CT molecular complexity index is 639. The Kier molecular flexibility index (Phi) is 6.40. The fourth-order valence-corrected chi connectivity index (χ4v) is 3.34. The molecule has 5 heteroatoms. The number of carbonyl (C=O) groups excluding carboxylic acids is 1. The molecule has 1 atom stereocenters. The van der Waals surface area contributed by atoms with E-state index in [4.69, 9.17) is 0 Å². The molecule has 2 amide bonds. The average molecular weight is 338 g/mol. The molecule has 0 bridgehead atoms. The summed E-state index contributed by atoms with van der Waals surface area (Å²) in [5.41, 5.74) is 1.96. The highest BCUT2D eigenvalue weighted by molar-refractivity contribution is 5.88. The Morgan fingerprint density at radius 2 is 1.80 bits per heavy atom. The number of rotatable bonds is 5. The lowest BCUT2D eigenvalue weighted by molar-refractivity contribution is 0.198. The number of pyridine rings is 1. The maximum Gasteiger partial charge on any atom is 0.319 e. The van der Waals surface area contributed by atoms with Crippen LogP contribution in [0.1, 0.15) is 37.3 Å².